The zero-order valence-electron chi connectivity index (χ0n) is 10.6. The van der Waals surface area contributed by atoms with Gasteiger partial charge in [0.25, 0.3) is 5.91 Å². The van der Waals surface area contributed by atoms with E-state index in [2.05, 4.69) is 15.9 Å². The van der Waals surface area contributed by atoms with Gasteiger partial charge >= 0.3 is 0 Å². The Labute approximate surface area is 115 Å². The number of nitrogens with zero attached hydrogens (tertiary/aromatic N) is 1. The van der Waals surface area contributed by atoms with Gasteiger partial charge in [-0.15, -0.1) is 0 Å². The minimum atomic E-state index is -0.298. The van der Waals surface area contributed by atoms with Crippen LogP contribution in [-0.2, 0) is 4.79 Å². The molecule has 3 nitrogen and oxygen atoms in total. The zero-order chi connectivity index (χ0) is 13.3. The maximum Gasteiger partial charge on any atom is 0.254 e. The minimum Gasteiger partial charge on any atom is -0.331 e. The number of rotatable bonds is 1. The van der Waals surface area contributed by atoms with Crippen molar-refractivity contribution in [2.75, 3.05) is 13.1 Å². The molecule has 1 amide bonds. The molecule has 0 atom stereocenters. The van der Waals surface area contributed by atoms with Crippen LogP contribution in [0.25, 0.3) is 0 Å². The van der Waals surface area contributed by atoms with Crippen molar-refractivity contribution in [3.05, 3.63) is 34.3 Å². The molecule has 1 aromatic carbocycles. The molecule has 0 bridgehead atoms. The van der Waals surface area contributed by atoms with Gasteiger partial charge in [0, 0.05) is 22.0 Å². The van der Waals surface area contributed by atoms with E-state index in [1.165, 1.54) is 0 Å². The highest BCUT2D eigenvalue weighted by Gasteiger charge is 2.35. The highest BCUT2D eigenvalue weighted by molar-refractivity contribution is 9.10. The summed E-state index contributed by atoms with van der Waals surface area (Å²) in [5, 5.41) is 0. The Morgan fingerprint density at radius 1 is 1.39 bits per heavy atom. The van der Waals surface area contributed by atoms with E-state index in [0.717, 1.165) is 10.9 Å². The summed E-state index contributed by atoms with van der Waals surface area (Å²) in [5.41, 5.74) is 0.325. The first kappa shape index (κ1) is 13.3. The summed E-state index contributed by atoms with van der Waals surface area (Å²) >= 11 is 3.35. The number of halogens is 1. The Hall–Kier alpha value is -1.16. The Morgan fingerprint density at radius 2 is 2.11 bits per heavy atom. The SMILES string of the molecule is CC1(C)CCN(C(=O)c2cccc(Br)c2)CC1=O. The normalized spacial score (nSPS) is 18.8. The summed E-state index contributed by atoms with van der Waals surface area (Å²) in [4.78, 5) is 25.8. The van der Waals surface area contributed by atoms with E-state index in [4.69, 9.17) is 0 Å². The molecule has 0 unspecified atom stereocenters. The molecule has 2 rings (SSSR count). The average Bonchev–Trinajstić information content (AvgIpc) is 2.32. The Bertz CT molecular complexity index is 496. The first-order valence-corrected chi connectivity index (χ1v) is 6.77. The summed E-state index contributed by atoms with van der Waals surface area (Å²) in [6.07, 6.45) is 0.728. The minimum absolute atomic E-state index is 0.0693. The Balaban J connectivity index is 2.14. The number of hydrogen-bond donors (Lipinski definition) is 0. The average molecular weight is 310 g/mol. The summed E-state index contributed by atoms with van der Waals surface area (Å²) < 4.78 is 0.872. The fraction of sp³-hybridized carbons (Fsp3) is 0.429. The van der Waals surface area contributed by atoms with Gasteiger partial charge in [0.15, 0.2) is 5.78 Å². The van der Waals surface area contributed by atoms with Crippen LogP contribution in [0.15, 0.2) is 28.7 Å². The number of Topliss-reactive ketones (excluding diaryl/α,β-unsaturated/α-hetero) is 1. The molecule has 18 heavy (non-hydrogen) atoms. The molecule has 1 heterocycles. The van der Waals surface area contributed by atoms with E-state index in [1.807, 2.05) is 26.0 Å². The van der Waals surface area contributed by atoms with Crippen molar-refractivity contribution in [3.63, 3.8) is 0 Å². The number of benzene rings is 1. The topological polar surface area (TPSA) is 37.4 Å². The van der Waals surface area contributed by atoms with Gasteiger partial charge in [0.05, 0.1) is 6.54 Å². The molecule has 0 spiro atoms. The van der Waals surface area contributed by atoms with Gasteiger partial charge in [-0.25, -0.2) is 0 Å². The molecule has 1 saturated heterocycles. The lowest BCUT2D eigenvalue weighted by atomic mass is 9.81. The first-order valence-electron chi connectivity index (χ1n) is 5.98. The van der Waals surface area contributed by atoms with Crippen molar-refractivity contribution < 1.29 is 9.59 Å². The van der Waals surface area contributed by atoms with Crippen LogP contribution in [0.2, 0.25) is 0 Å². The number of hydrogen-bond acceptors (Lipinski definition) is 2. The molecule has 96 valence electrons. The lowest BCUT2D eigenvalue weighted by molar-refractivity contribution is -0.130. The van der Waals surface area contributed by atoms with E-state index in [1.54, 1.807) is 17.0 Å². The quantitative estimate of drug-likeness (QED) is 0.800. The van der Waals surface area contributed by atoms with Crippen molar-refractivity contribution in [2.45, 2.75) is 20.3 Å². The number of likely N-dealkylation sites (tertiary alicyclic amines) is 1. The van der Waals surface area contributed by atoms with E-state index < -0.39 is 0 Å². The van der Waals surface area contributed by atoms with Crippen LogP contribution in [-0.4, -0.2) is 29.7 Å². The van der Waals surface area contributed by atoms with Crippen molar-refractivity contribution in [1.29, 1.82) is 0 Å². The van der Waals surface area contributed by atoms with Crippen LogP contribution < -0.4 is 0 Å². The van der Waals surface area contributed by atoms with Crippen LogP contribution in [0.3, 0.4) is 0 Å². The van der Waals surface area contributed by atoms with Crippen LogP contribution >= 0.6 is 15.9 Å². The number of carbonyl (C=O) groups is 2. The third-order valence-electron chi connectivity index (χ3n) is 3.45. The predicted octanol–water partition coefficient (Wildman–Crippen LogP) is 2.89. The lowest BCUT2D eigenvalue weighted by Crippen LogP contribution is -2.47. The predicted molar refractivity (Wildman–Crippen MR) is 73.5 cm³/mol. The molecule has 4 heteroatoms. The smallest absolute Gasteiger partial charge is 0.254 e. The van der Waals surface area contributed by atoms with Gasteiger partial charge in [0.1, 0.15) is 0 Å². The number of piperidine rings is 1. The molecule has 0 aromatic heterocycles. The van der Waals surface area contributed by atoms with E-state index in [-0.39, 0.29) is 23.7 Å². The van der Waals surface area contributed by atoms with E-state index in [9.17, 15) is 9.59 Å². The van der Waals surface area contributed by atoms with Crippen LogP contribution in [0.5, 0.6) is 0 Å². The molecular weight excluding hydrogens is 294 g/mol. The van der Waals surface area contributed by atoms with Gasteiger partial charge in [0.2, 0.25) is 0 Å². The van der Waals surface area contributed by atoms with Gasteiger partial charge < -0.3 is 4.90 Å². The summed E-state index contributed by atoms with van der Waals surface area (Å²) in [5.74, 6) is 0.0669. The highest BCUT2D eigenvalue weighted by atomic mass is 79.9. The second-order valence-corrected chi connectivity index (χ2v) is 6.21. The van der Waals surface area contributed by atoms with Crippen molar-refractivity contribution in [2.24, 2.45) is 5.41 Å². The lowest BCUT2D eigenvalue weighted by Gasteiger charge is -2.35. The monoisotopic (exact) mass is 309 g/mol. The molecule has 1 aliphatic rings. The van der Waals surface area contributed by atoms with Gasteiger partial charge in [-0.05, 0) is 24.6 Å². The molecular formula is C14H16BrNO2. The second-order valence-electron chi connectivity index (χ2n) is 5.29. The molecule has 1 aliphatic heterocycles. The standard InChI is InChI=1S/C14H16BrNO2/c1-14(2)6-7-16(9-12(14)17)13(18)10-4-3-5-11(15)8-10/h3-5,8H,6-7,9H2,1-2H3. The maximum atomic E-state index is 12.3. The first-order chi connectivity index (χ1) is 8.40. The summed E-state index contributed by atoms with van der Waals surface area (Å²) in [6.45, 7) is 4.74. The molecule has 1 aromatic rings. The Kier molecular flexibility index (Phi) is 3.57. The molecule has 0 saturated carbocycles. The third kappa shape index (κ3) is 2.64. The van der Waals surface area contributed by atoms with Crippen LogP contribution in [0.4, 0.5) is 0 Å². The van der Waals surface area contributed by atoms with Crippen molar-refractivity contribution in [3.8, 4) is 0 Å². The highest BCUT2D eigenvalue weighted by Crippen LogP contribution is 2.27. The van der Waals surface area contributed by atoms with Gasteiger partial charge in [-0.3, -0.25) is 9.59 Å². The summed E-state index contributed by atoms with van der Waals surface area (Å²) in [7, 11) is 0. The van der Waals surface area contributed by atoms with Crippen LogP contribution in [0.1, 0.15) is 30.6 Å². The van der Waals surface area contributed by atoms with Crippen LogP contribution in [0, 0.1) is 5.41 Å². The zero-order valence-corrected chi connectivity index (χ0v) is 12.2. The number of carbonyl (C=O) groups excluding carboxylic acids is 2. The Morgan fingerprint density at radius 3 is 2.72 bits per heavy atom. The van der Waals surface area contributed by atoms with E-state index in [0.29, 0.717) is 12.1 Å². The molecule has 0 aliphatic carbocycles. The van der Waals surface area contributed by atoms with Gasteiger partial charge in [-0.2, -0.15) is 0 Å². The fourth-order valence-electron chi connectivity index (χ4n) is 2.00. The maximum absolute atomic E-state index is 12.3. The number of ketones is 1. The van der Waals surface area contributed by atoms with E-state index >= 15 is 0 Å². The largest absolute Gasteiger partial charge is 0.331 e. The number of amides is 1. The second kappa shape index (κ2) is 4.84. The van der Waals surface area contributed by atoms with Gasteiger partial charge in [-0.1, -0.05) is 35.8 Å². The molecule has 0 N–H and O–H groups in total. The van der Waals surface area contributed by atoms with Crippen molar-refractivity contribution in [1.82, 2.24) is 4.90 Å². The molecule has 1 fully saturated rings. The summed E-state index contributed by atoms with van der Waals surface area (Å²) in [6, 6.07) is 7.26. The fourth-order valence-corrected chi connectivity index (χ4v) is 2.40. The molecule has 0 radical (unpaired) electrons. The van der Waals surface area contributed by atoms with Crippen molar-refractivity contribution >= 4 is 27.6 Å². The third-order valence-corrected chi connectivity index (χ3v) is 3.95.